The summed E-state index contributed by atoms with van der Waals surface area (Å²) >= 11 is 0. The second-order valence-electron chi connectivity index (χ2n) is 4.93. The monoisotopic (exact) mass is 264 g/mol. The number of nitrogens with zero attached hydrogens (tertiary/aromatic N) is 3. The molecule has 0 spiro atoms. The van der Waals surface area contributed by atoms with Crippen LogP contribution in [-0.4, -0.2) is 30.1 Å². The lowest BCUT2D eigenvalue weighted by atomic mass is 10.1. The summed E-state index contributed by atoms with van der Waals surface area (Å²) < 4.78 is 0. The minimum Gasteiger partial charge on any atom is -0.370 e. The predicted molar refractivity (Wildman–Crippen MR) is 83.0 cm³/mol. The molecule has 0 aromatic carbocycles. The van der Waals surface area contributed by atoms with Crippen molar-refractivity contribution < 1.29 is 0 Å². The predicted octanol–water partition coefficient (Wildman–Crippen LogP) is 3.49. The molecular weight excluding hydrogens is 236 g/mol. The van der Waals surface area contributed by atoms with Crippen molar-refractivity contribution in [3.8, 4) is 0 Å². The van der Waals surface area contributed by atoms with Gasteiger partial charge in [-0.3, -0.25) is 0 Å². The topological polar surface area (TPSA) is 41.1 Å². The first-order chi connectivity index (χ1) is 9.24. The fourth-order valence-electron chi connectivity index (χ4n) is 2.24. The number of unbranched alkanes of at least 4 members (excludes halogenated alkanes) is 2. The van der Waals surface area contributed by atoms with Crippen molar-refractivity contribution in [1.29, 1.82) is 0 Å². The first kappa shape index (κ1) is 15.7. The van der Waals surface area contributed by atoms with E-state index < -0.39 is 0 Å². The molecule has 4 heteroatoms. The van der Waals surface area contributed by atoms with Crippen molar-refractivity contribution in [2.45, 2.75) is 52.9 Å². The standard InChI is InChI=1S/C15H28N4/c1-5-8-9-11-19(4)15-13(10-6-2)14(16-7-3)17-12-18-15/h12H,5-11H2,1-4H3,(H,16,17,18). The molecule has 0 aliphatic rings. The van der Waals surface area contributed by atoms with Gasteiger partial charge in [0.05, 0.1) is 0 Å². The highest BCUT2D eigenvalue weighted by molar-refractivity contribution is 5.58. The van der Waals surface area contributed by atoms with E-state index in [1.54, 1.807) is 6.33 Å². The van der Waals surface area contributed by atoms with Gasteiger partial charge in [0.2, 0.25) is 0 Å². The van der Waals surface area contributed by atoms with E-state index in [4.69, 9.17) is 0 Å². The van der Waals surface area contributed by atoms with Crippen LogP contribution in [0.3, 0.4) is 0 Å². The molecular formula is C15H28N4. The quantitative estimate of drug-likeness (QED) is 0.693. The maximum Gasteiger partial charge on any atom is 0.137 e. The van der Waals surface area contributed by atoms with Gasteiger partial charge < -0.3 is 10.2 Å². The van der Waals surface area contributed by atoms with Crippen LogP contribution < -0.4 is 10.2 Å². The Labute approximate surface area is 117 Å². The highest BCUT2D eigenvalue weighted by Crippen LogP contribution is 2.24. The average Bonchev–Trinajstić information content (AvgIpc) is 2.41. The highest BCUT2D eigenvalue weighted by atomic mass is 15.2. The molecule has 0 saturated carbocycles. The fourth-order valence-corrected chi connectivity index (χ4v) is 2.24. The Hall–Kier alpha value is -1.32. The molecule has 4 nitrogen and oxygen atoms in total. The van der Waals surface area contributed by atoms with E-state index in [1.807, 2.05) is 0 Å². The van der Waals surface area contributed by atoms with Gasteiger partial charge in [0.15, 0.2) is 0 Å². The van der Waals surface area contributed by atoms with Crippen molar-refractivity contribution >= 4 is 11.6 Å². The number of aromatic nitrogens is 2. The Morgan fingerprint density at radius 2 is 1.89 bits per heavy atom. The van der Waals surface area contributed by atoms with Gasteiger partial charge in [-0.25, -0.2) is 9.97 Å². The van der Waals surface area contributed by atoms with Crippen molar-refractivity contribution in [1.82, 2.24) is 9.97 Å². The molecule has 0 bridgehead atoms. The summed E-state index contributed by atoms with van der Waals surface area (Å²) in [5, 5.41) is 3.35. The van der Waals surface area contributed by atoms with Gasteiger partial charge >= 0.3 is 0 Å². The SMILES string of the molecule is CCCCCN(C)c1ncnc(NCC)c1CCC. The van der Waals surface area contributed by atoms with Gasteiger partial charge in [-0.1, -0.05) is 33.1 Å². The third kappa shape index (κ3) is 4.69. The molecule has 1 N–H and O–H groups in total. The van der Waals surface area contributed by atoms with Gasteiger partial charge in [0, 0.05) is 25.7 Å². The van der Waals surface area contributed by atoms with E-state index in [-0.39, 0.29) is 0 Å². The number of rotatable bonds is 9. The van der Waals surface area contributed by atoms with E-state index in [2.05, 4.69) is 48.0 Å². The third-order valence-corrected chi connectivity index (χ3v) is 3.23. The molecule has 0 atom stereocenters. The van der Waals surface area contributed by atoms with E-state index in [9.17, 15) is 0 Å². The summed E-state index contributed by atoms with van der Waals surface area (Å²) in [7, 11) is 2.13. The zero-order valence-electron chi connectivity index (χ0n) is 12.9. The second-order valence-corrected chi connectivity index (χ2v) is 4.93. The van der Waals surface area contributed by atoms with Crippen LogP contribution in [0.25, 0.3) is 0 Å². The first-order valence-corrected chi connectivity index (χ1v) is 7.53. The largest absolute Gasteiger partial charge is 0.370 e. The summed E-state index contributed by atoms with van der Waals surface area (Å²) in [5.41, 5.74) is 1.26. The van der Waals surface area contributed by atoms with Crippen LogP contribution in [0.15, 0.2) is 6.33 Å². The zero-order chi connectivity index (χ0) is 14.1. The smallest absolute Gasteiger partial charge is 0.137 e. The van der Waals surface area contributed by atoms with Crippen LogP contribution in [-0.2, 0) is 6.42 Å². The van der Waals surface area contributed by atoms with Crippen molar-refractivity contribution in [2.75, 3.05) is 30.4 Å². The molecule has 19 heavy (non-hydrogen) atoms. The van der Waals surface area contributed by atoms with E-state index in [0.29, 0.717) is 0 Å². The van der Waals surface area contributed by atoms with Crippen molar-refractivity contribution in [2.24, 2.45) is 0 Å². The summed E-state index contributed by atoms with van der Waals surface area (Å²) in [4.78, 5) is 11.1. The Morgan fingerprint density at radius 1 is 1.11 bits per heavy atom. The molecule has 1 aromatic rings. The minimum absolute atomic E-state index is 0.896. The fraction of sp³-hybridized carbons (Fsp3) is 0.733. The van der Waals surface area contributed by atoms with Gasteiger partial charge in [-0.2, -0.15) is 0 Å². The van der Waals surface area contributed by atoms with Crippen molar-refractivity contribution in [3.63, 3.8) is 0 Å². The van der Waals surface area contributed by atoms with E-state index >= 15 is 0 Å². The first-order valence-electron chi connectivity index (χ1n) is 7.53. The molecule has 108 valence electrons. The molecule has 0 saturated heterocycles. The molecule has 1 rings (SSSR count). The highest BCUT2D eigenvalue weighted by Gasteiger charge is 2.13. The van der Waals surface area contributed by atoms with Crippen LogP contribution in [0.2, 0.25) is 0 Å². The van der Waals surface area contributed by atoms with Gasteiger partial charge in [-0.05, 0) is 19.8 Å². The Kier molecular flexibility index (Phi) is 7.23. The number of hydrogen-bond donors (Lipinski definition) is 1. The summed E-state index contributed by atoms with van der Waals surface area (Å²) in [5.74, 6) is 2.08. The van der Waals surface area contributed by atoms with Gasteiger partial charge in [0.1, 0.15) is 18.0 Å². The van der Waals surface area contributed by atoms with E-state index in [0.717, 1.165) is 37.6 Å². The number of hydrogen-bond acceptors (Lipinski definition) is 4. The normalized spacial score (nSPS) is 10.5. The molecule has 0 amide bonds. The lowest BCUT2D eigenvalue weighted by Crippen LogP contribution is -2.22. The van der Waals surface area contributed by atoms with Crippen LogP contribution in [0.1, 0.15) is 52.0 Å². The molecule has 0 aliphatic heterocycles. The Morgan fingerprint density at radius 3 is 2.53 bits per heavy atom. The second kappa shape index (κ2) is 8.73. The molecule has 0 fully saturated rings. The average molecular weight is 264 g/mol. The van der Waals surface area contributed by atoms with Crippen LogP contribution >= 0.6 is 0 Å². The third-order valence-electron chi connectivity index (χ3n) is 3.23. The minimum atomic E-state index is 0.896. The van der Waals surface area contributed by atoms with Gasteiger partial charge in [-0.15, -0.1) is 0 Å². The Bertz CT molecular complexity index is 365. The molecule has 1 aromatic heterocycles. The summed E-state index contributed by atoms with van der Waals surface area (Å²) in [6.45, 7) is 8.49. The van der Waals surface area contributed by atoms with Crippen molar-refractivity contribution in [3.05, 3.63) is 11.9 Å². The summed E-state index contributed by atoms with van der Waals surface area (Å²) in [6, 6.07) is 0. The maximum absolute atomic E-state index is 4.49. The van der Waals surface area contributed by atoms with Crippen LogP contribution in [0.4, 0.5) is 11.6 Å². The summed E-state index contributed by atoms with van der Waals surface area (Å²) in [6.07, 6.45) is 7.56. The molecule has 0 unspecified atom stereocenters. The Balaban J connectivity index is 2.87. The number of nitrogens with one attached hydrogen (secondary N) is 1. The molecule has 1 heterocycles. The van der Waals surface area contributed by atoms with E-state index in [1.165, 1.54) is 24.8 Å². The molecule has 0 aliphatic carbocycles. The lowest BCUT2D eigenvalue weighted by molar-refractivity contribution is 0.697. The van der Waals surface area contributed by atoms with Crippen LogP contribution in [0, 0.1) is 0 Å². The zero-order valence-corrected chi connectivity index (χ0v) is 12.9. The molecule has 0 radical (unpaired) electrons. The lowest BCUT2D eigenvalue weighted by Gasteiger charge is -2.22. The maximum atomic E-state index is 4.49. The number of anilines is 2. The van der Waals surface area contributed by atoms with Crippen LogP contribution in [0.5, 0.6) is 0 Å². The van der Waals surface area contributed by atoms with Gasteiger partial charge in [0.25, 0.3) is 0 Å².